The van der Waals surface area contributed by atoms with Crippen LogP contribution in [-0.4, -0.2) is 60.9 Å². The second-order valence-corrected chi connectivity index (χ2v) is 9.82. The molecule has 3 fully saturated rings. The molecular formula is C20H36BN3O4. The van der Waals surface area contributed by atoms with Crippen molar-refractivity contribution in [3.05, 3.63) is 0 Å². The van der Waals surface area contributed by atoms with Gasteiger partial charge in [-0.15, -0.1) is 0 Å². The van der Waals surface area contributed by atoms with Crippen LogP contribution in [0.15, 0.2) is 4.90 Å². The second kappa shape index (κ2) is 7.61. The van der Waals surface area contributed by atoms with Gasteiger partial charge in [-0.05, 0) is 59.3 Å². The first kappa shape index (κ1) is 21.6. The Morgan fingerprint density at radius 2 is 1.82 bits per heavy atom. The van der Waals surface area contributed by atoms with Crippen LogP contribution in [0.1, 0.15) is 73.1 Å². The lowest BCUT2D eigenvalue weighted by atomic mass is 9.83. The summed E-state index contributed by atoms with van der Waals surface area (Å²) >= 11 is 0. The molecule has 28 heavy (non-hydrogen) atoms. The van der Waals surface area contributed by atoms with Crippen LogP contribution >= 0.6 is 0 Å². The molecule has 0 bridgehead atoms. The van der Waals surface area contributed by atoms with Crippen molar-refractivity contribution >= 4 is 19.0 Å². The lowest BCUT2D eigenvalue weighted by Crippen LogP contribution is -2.45. The third-order valence-electron chi connectivity index (χ3n) is 7.19. The van der Waals surface area contributed by atoms with E-state index < -0.39 is 18.5 Å². The van der Waals surface area contributed by atoms with Gasteiger partial charge in [0.25, 0.3) is 0 Å². The molecule has 0 unspecified atom stereocenters. The maximum Gasteiger partial charge on any atom is 0.614 e. The molecule has 0 aromatic carbocycles. The van der Waals surface area contributed by atoms with Crippen molar-refractivity contribution in [2.75, 3.05) is 13.7 Å². The van der Waals surface area contributed by atoms with E-state index in [0.717, 1.165) is 25.8 Å². The number of likely N-dealkylation sites (tertiary alicyclic amines) is 1. The van der Waals surface area contributed by atoms with Crippen molar-refractivity contribution in [3.8, 4) is 0 Å². The Labute approximate surface area is 169 Å². The number of nitrogens with zero attached hydrogens (tertiary/aromatic N) is 2. The Hall–Kier alpha value is -1.12. The highest BCUT2D eigenvalue weighted by Crippen LogP contribution is 2.48. The van der Waals surface area contributed by atoms with E-state index in [4.69, 9.17) is 19.8 Å². The molecule has 8 heteroatoms. The molecule has 2 heterocycles. The third kappa shape index (κ3) is 4.09. The van der Waals surface area contributed by atoms with Crippen LogP contribution < -0.4 is 5.73 Å². The molecule has 2 N–H and O–H groups in total. The van der Waals surface area contributed by atoms with Crippen LogP contribution in [0.5, 0.6) is 0 Å². The second-order valence-electron chi connectivity index (χ2n) is 9.82. The van der Waals surface area contributed by atoms with Gasteiger partial charge in [0, 0.05) is 13.7 Å². The number of ether oxygens (including phenoxy) is 1. The molecule has 1 aliphatic carbocycles. The van der Waals surface area contributed by atoms with Crippen molar-refractivity contribution in [2.24, 2.45) is 16.1 Å². The maximum atomic E-state index is 13.0. The van der Waals surface area contributed by atoms with Crippen LogP contribution in [0.2, 0.25) is 0 Å². The molecule has 0 aromatic heterocycles. The van der Waals surface area contributed by atoms with Gasteiger partial charge in [-0.1, -0.05) is 12.8 Å². The van der Waals surface area contributed by atoms with E-state index in [9.17, 15) is 4.79 Å². The zero-order valence-electron chi connectivity index (χ0n) is 18.3. The summed E-state index contributed by atoms with van der Waals surface area (Å²) in [5.74, 6) is 0.510. The summed E-state index contributed by atoms with van der Waals surface area (Å²) < 4.78 is 17.2. The van der Waals surface area contributed by atoms with Crippen LogP contribution in [-0.2, 0) is 18.8 Å². The molecular weight excluding hydrogens is 357 g/mol. The molecule has 2 saturated heterocycles. The lowest BCUT2D eigenvalue weighted by Gasteiger charge is -2.32. The van der Waals surface area contributed by atoms with Crippen molar-refractivity contribution < 1.29 is 18.8 Å². The number of hydrogen-bond donors (Lipinski definition) is 1. The first-order valence-electron chi connectivity index (χ1n) is 10.5. The van der Waals surface area contributed by atoms with Gasteiger partial charge in [0.05, 0.1) is 29.8 Å². The van der Waals surface area contributed by atoms with E-state index in [1.165, 1.54) is 12.8 Å². The highest BCUT2D eigenvalue weighted by atomic mass is 16.7. The summed E-state index contributed by atoms with van der Waals surface area (Å²) in [4.78, 5) is 19.5. The fourth-order valence-electron chi connectivity index (χ4n) is 4.59. The number of hydrogen-bond acceptors (Lipinski definition) is 5. The fourth-order valence-corrected chi connectivity index (χ4v) is 4.59. The average molecular weight is 393 g/mol. The predicted octanol–water partition coefficient (Wildman–Crippen LogP) is 2.52. The minimum absolute atomic E-state index is 0.0789. The summed E-state index contributed by atoms with van der Waals surface area (Å²) in [5.41, 5.74) is 5.69. The third-order valence-corrected chi connectivity index (χ3v) is 7.19. The first-order chi connectivity index (χ1) is 13.0. The molecule has 0 radical (unpaired) electrons. The van der Waals surface area contributed by atoms with E-state index >= 15 is 0 Å². The van der Waals surface area contributed by atoms with E-state index in [1.54, 1.807) is 7.11 Å². The number of amidine groups is 1. The molecule has 158 valence electrons. The van der Waals surface area contributed by atoms with Crippen LogP contribution in [0.4, 0.5) is 0 Å². The van der Waals surface area contributed by atoms with Gasteiger partial charge in [-0.3, -0.25) is 9.70 Å². The molecule has 1 saturated carbocycles. The standard InChI is InChI=1S/C20H36BN3O4/c1-14(26-6)11-16(25)24-13-20(9-7-8-10-20)12-15(24)17(22)23-21-27-18(2,3)19(4,5)28-21/h14-15H,7-13H2,1-6H3,(H2,22,23)/t14-,15+/m1/s1. The number of carbonyl (C=O) groups excluding carboxylic acids is 1. The highest BCUT2D eigenvalue weighted by molar-refractivity contribution is 6.45. The summed E-state index contributed by atoms with van der Waals surface area (Å²) in [6.45, 7) is 10.6. The first-order valence-corrected chi connectivity index (χ1v) is 10.5. The van der Waals surface area contributed by atoms with Gasteiger partial charge in [-0.2, -0.15) is 0 Å². The number of carbonyl (C=O) groups is 1. The molecule has 3 rings (SSSR count). The molecule has 1 amide bonds. The Morgan fingerprint density at radius 1 is 1.25 bits per heavy atom. The Balaban J connectivity index is 1.79. The monoisotopic (exact) mass is 393 g/mol. The number of methoxy groups -OCH3 is 1. The zero-order valence-corrected chi connectivity index (χ0v) is 18.3. The Morgan fingerprint density at radius 3 is 2.36 bits per heavy atom. The minimum Gasteiger partial charge on any atom is -0.387 e. The zero-order chi connectivity index (χ0) is 20.7. The van der Waals surface area contributed by atoms with Crippen LogP contribution in [0, 0.1) is 5.41 Å². The van der Waals surface area contributed by atoms with Crippen molar-refractivity contribution in [2.45, 2.75) is 96.5 Å². The van der Waals surface area contributed by atoms with Crippen LogP contribution in [0.3, 0.4) is 0 Å². The molecule has 3 aliphatic rings. The topological polar surface area (TPSA) is 86.4 Å². The number of rotatable bonds is 5. The van der Waals surface area contributed by atoms with Crippen LogP contribution in [0.25, 0.3) is 0 Å². The number of amides is 1. The van der Waals surface area contributed by atoms with E-state index in [1.807, 2.05) is 39.5 Å². The predicted molar refractivity (Wildman–Crippen MR) is 110 cm³/mol. The van der Waals surface area contributed by atoms with Gasteiger partial charge in [-0.25, -0.2) is 0 Å². The van der Waals surface area contributed by atoms with E-state index in [2.05, 4.69) is 4.90 Å². The van der Waals surface area contributed by atoms with Gasteiger partial charge >= 0.3 is 7.25 Å². The van der Waals surface area contributed by atoms with Gasteiger partial charge < -0.3 is 24.7 Å². The summed E-state index contributed by atoms with van der Waals surface area (Å²) in [5, 5.41) is 0. The van der Waals surface area contributed by atoms with E-state index in [-0.39, 0.29) is 23.5 Å². The number of nitrogens with two attached hydrogens (primary N) is 1. The highest BCUT2D eigenvalue weighted by Gasteiger charge is 2.53. The molecule has 2 aliphatic heterocycles. The summed E-state index contributed by atoms with van der Waals surface area (Å²) in [6, 6.07) is -0.200. The smallest absolute Gasteiger partial charge is 0.387 e. The summed E-state index contributed by atoms with van der Waals surface area (Å²) in [6.07, 6.45) is 5.85. The van der Waals surface area contributed by atoms with Gasteiger partial charge in [0.15, 0.2) is 0 Å². The normalized spacial score (nSPS) is 29.6. The van der Waals surface area contributed by atoms with Crippen molar-refractivity contribution in [3.63, 3.8) is 0 Å². The van der Waals surface area contributed by atoms with Gasteiger partial charge in [0.2, 0.25) is 5.91 Å². The molecule has 1 spiro atoms. The van der Waals surface area contributed by atoms with Gasteiger partial charge in [0.1, 0.15) is 5.84 Å². The Bertz CT molecular complexity index is 615. The SMILES string of the molecule is CO[C@H](C)CC(=O)N1CC2(CCCC2)C[C@H]1/C(N)=N/B1OC(C)(C)C(C)(C)O1. The fraction of sp³-hybridized carbons (Fsp3) is 0.900. The quantitative estimate of drug-likeness (QED) is 0.441. The van der Waals surface area contributed by atoms with E-state index in [0.29, 0.717) is 12.3 Å². The Kier molecular flexibility index (Phi) is 5.87. The molecule has 0 aromatic rings. The average Bonchev–Trinajstić information content (AvgIpc) is 3.25. The maximum absolute atomic E-state index is 13.0. The largest absolute Gasteiger partial charge is 0.614 e. The minimum atomic E-state index is -0.736. The van der Waals surface area contributed by atoms with Crippen molar-refractivity contribution in [1.82, 2.24) is 4.90 Å². The summed E-state index contributed by atoms with van der Waals surface area (Å²) in [7, 11) is 0.895. The molecule has 2 atom stereocenters. The molecule has 7 nitrogen and oxygen atoms in total. The lowest BCUT2D eigenvalue weighted by molar-refractivity contribution is -0.133. The van der Waals surface area contributed by atoms with Crippen molar-refractivity contribution in [1.29, 1.82) is 0 Å².